The summed E-state index contributed by atoms with van der Waals surface area (Å²) in [5.41, 5.74) is 2.11. The molecule has 0 aromatic heterocycles. The van der Waals surface area contributed by atoms with Crippen LogP contribution in [0.3, 0.4) is 0 Å². The number of nitrogens with one attached hydrogen (secondary N) is 1. The Morgan fingerprint density at radius 3 is 2.61 bits per heavy atom. The van der Waals surface area contributed by atoms with Gasteiger partial charge in [-0.05, 0) is 41.5 Å². The van der Waals surface area contributed by atoms with Crippen molar-refractivity contribution in [3.63, 3.8) is 0 Å². The second kappa shape index (κ2) is 6.45. The number of benzene rings is 2. The van der Waals surface area contributed by atoms with Gasteiger partial charge in [-0.15, -0.1) is 0 Å². The smallest absolute Gasteiger partial charge is 0.123 e. The Morgan fingerprint density at radius 1 is 1.00 bits per heavy atom. The summed E-state index contributed by atoms with van der Waals surface area (Å²) in [5, 5.41) is 3.30. The predicted octanol–water partition coefficient (Wildman–Crippen LogP) is 4.64. The van der Waals surface area contributed by atoms with Gasteiger partial charge in [-0.25, -0.2) is 4.39 Å². The highest BCUT2D eigenvalue weighted by molar-refractivity contribution is 9.10. The third-order valence-electron chi connectivity index (χ3n) is 2.54. The van der Waals surface area contributed by atoms with Crippen LogP contribution in [-0.2, 0) is 13.1 Å². The van der Waals surface area contributed by atoms with Gasteiger partial charge in [0.05, 0.1) is 0 Å². The average molecular weight is 373 g/mol. The van der Waals surface area contributed by atoms with E-state index in [0.29, 0.717) is 6.54 Å². The van der Waals surface area contributed by atoms with E-state index < -0.39 is 0 Å². The molecule has 0 unspecified atom stereocenters. The van der Waals surface area contributed by atoms with Gasteiger partial charge in [0, 0.05) is 22.0 Å². The summed E-state index contributed by atoms with van der Waals surface area (Å²) >= 11 is 6.85. The maximum Gasteiger partial charge on any atom is 0.123 e. The normalized spacial score (nSPS) is 10.6. The highest BCUT2D eigenvalue weighted by Crippen LogP contribution is 2.18. The van der Waals surface area contributed by atoms with Crippen LogP contribution in [0.1, 0.15) is 11.1 Å². The highest BCUT2D eigenvalue weighted by Gasteiger charge is 2.01. The Balaban J connectivity index is 1.94. The van der Waals surface area contributed by atoms with Crippen LogP contribution in [0.5, 0.6) is 0 Å². The number of halogens is 3. The molecule has 0 radical (unpaired) electrons. The van der Waals surface area contributed by atoms with Crippen molar-refractivity contribution in [1.82, 2.24) is 5.32 Å². The largest absolute Gasteiger partial charge is 0.309 e. The summed E-state index contributed by atoms with van der Waals surface area (Å²) in [4.78, 5) is 0. The highest BCUT2D eigenvalue weighted by atomic mass is 79.9. The fourth-order valence-corrected chi connectivity index (χ4v) is 2.50. The minimum absolute atomic E-state index is 0.211. The Kier molecular flexibility index (Phi) is 4.92. The van der Waals surface area contributed by atoms with Gasteiger partial charge >= 0.3 is 0 Å². The van der Waals surface area contributed by atoms with Crippen molar-refractivity contribution in [3.05, 3.63) is 68.4 Å². The Labute approximate surface area is 123 Å². The lowest BCUT2D eigenvalue weighted by Gasteiger charge is -2.07. The lowest BCUT2D eigenvalue weighted by molar-refractivity contribution is 0.619. The van der Waals surface area contributed by atoms with Crippen molar-refractivity contribution in [2.24, 2.45) is 0 Å². The average Bonchev–Trinajstić information content (AvgIpc) is 2.34. The van der Waals surface area contributed by atoms with Gasteiger partial charge in [0.15, 0.2) is 0 Å². The van der Waals surface area contributed by atoms with Gasteiger partial charge < -0.3 is 5.32 Å². The molecule has 2 aromatic carbocycles. The topological polar surface area (TPSA) is 12.0 Å². The molecule has 2 aromatic rings. The zero-order valence-corrected chi connectivity index (χ0v) is 12.8. The zero-order valence-electron chi connectivity index (χ0n) is 9.59. The van der Waals surface area contributed by atoms with Crippen molar-refractivity contribution < 1.29 is 4.39 Å². The first-order chi connectivity index (χ1) is 8.65. The van der Waals surface area contributed by atoms with Crippen LogP contribution in [0.15, 0.2) is 51.4 Å². The third-order valence-corrected chi connectivity index (χ3v) is 3.81. The molecule has 0 fully saturated rings. The summed E-state index contributed by atoms with van der Waals surface area (Å²) in [5.74, 6) is -0.211. The van der Waals surface area contributed by atoms with Gasteiger partial charge in [-0.2, -0.15) is 0 Å². The molecule has 18 heavy (non-hydrogen) atoms. The molecule has 1 N–H and O–H groups in total. The van der Waals surface area contributed by atoms with Crippen LogP contribution in [0, 0.1) is 5.82 Å². The molecule has 0 heterocycles. The Morgan fingerprint density at radius 2 is 1.83 bits per heavy atom. The van der Waals surface area contributed by atoms with Gasteiger partial charge in [-0.3, -0.25) is 0 Å². The van der Waals surface area contributed by atoms with Crippen molar-refractivity contribution in [2.75, 3.05) is 0 Å². The van der Waals surface area contributed by atoms with E-state index in [1.807, 2.05) is 12.1 Å². The summed E-state index contributed by atoms with van der Waals surface area (Å²) in [6.45, 7) is 1.38. The number of hydrogen-bond acceptors (Lipinski definition) is 1. The Hall–Kier alpha value is -0.710. The lowest BCUT2D eigenvalue weighted by Crippen LogP contribution is -2.13. The molecule has 0 atom stereocenters. The molecule has 0 amide bonds. The van der Waals surface area contributed by atoms with Crippen LogP contribution in [-0.4, -0.2) is 0 Å². The van der Waals surface area contributed by atoms with E-state index in [4.69, 9.17) is 0 Å². The van der Waals surface area contributed by atoms with Crippen LogP contribution in [0.25, 0.3) is 0 Å². The molecular weight excluding hydrogens is 361 g/mol. The molecule has 1 nitrogen and oxygen atoms in total. The second-order valence-corrected chi connectivity index (χ2v) is 5.74. The molecule has 0 saturated heterocycles. The van der Waals surface area contributed by atoms with Crippen molar-refractivity contribution in [2.45, 2.75) is 13.1 Å². The minimum Gasteiger partial charge on any atom is -0.309 e. The monoisotopic (exact) mass is 371 g/mol. The number of rotatable bonds is 4. The number of hydrogen-bond donors (Lipinski definition) is 1. The molecule has 94 valence electrons. The van der Waals surface area contributed by atoms with Crippen molar-refractivity contribution in [1.29, 1.82) is 0 Å². The summed E-state index contributed by atoms with van der Waals surface area (Å²) in [7, 11) is 0. The summed E-state index contributed by atoms with van der Waals surface area (Å²) < 4.78 is 15.1. The summed E-state index contributed by atoms with van der Waals surface area (Å²) in [6.07, 6.45) is 0. The lowest BCUT2D eigenvalue weighted by atomic mass is 10.2. The molecule has 0 bridgehead atoms. The van der Waals surface area contributed by atoms with E-state index in [9.17, 15) is 4.39 Å². The Bertz CT molecular complexity index is 543. The fraction of sp³-hybridized carbons (Fsp3) is 0.143. The van der Waals surface area contributed by atoms with Gasteiger partial charge in [-0.1, -0.05) is 44.0 Å². The molecule has 0 saturated carbocycles. The van der Waals surface area contributed by atoms with E-state index in [2.05, 4.69) is 49.3 Å². The van der Waals surface area contributed by atoms with Crippen LogP contribution in [0.2, 0.25) is 0 Å². The molecular formula is C14H12Br2FN. The third kappa shape index (κ3) is 3.90. The van der Waals surface area contributed by atoms with E-state index in [0.717, 1.165) is 21.1 Å². The molecule has 0 aliphatic rings. The van der Waals surface area contributed by atoms with Crippen LogP contribution >= 0.6 is 31.9 Å². The zero-order chi connectivity index (χ0) is 13.0. The molecule has 0 spiro atoms. The molecule has 0 aliphatic carbocycles. The SMILES string of the molecule is Fc1ccc(Br)c(CNCc2cccc(Br)c2)c1. The standard InChI is InChI=1S/C14H12Br2FN/c15-12-3-1-2-10(6-12)8-18-9-11-7-13(17)4-5-14(11)16/h1-7,18H,8-9H2. The molecule has 2 rings (SSSR count). The summed E-state index contributed by atoms with van der Waals surface area (Å²) in [6, 6.07) is 12.8. The maximum absolute atomic E-state index is 13.1. The fourth-order valence-electron chi connectivity index (χ4n) is 1.67. The predicted molar refractivity (Wildman–Crippen MR) is 78.8 cm³/mol. The first-order valence-corrected chi connectivity index (χ1v) is 7.13. The van der Waals surface area contributed by atoms with Crippen LogP contribution in [0.4, 0.5) is 4.39 Å². The van der Waals surface area contributed by atoms with Crippen molar-refractivity contribution in [3.8, 4) is 0 Å². The first kappa shape index (κ1) is 13.7. The van der Waals surface area contributed by atoms with Gasteiger partial charge in [0.25, 0.3) is 0 Å². The van der Waals surface area contributed by atoms with E-state index >= 15 is 0 Å². The van der Waals surface area contributed by atoms with E-state index in [-0.39, 0.29) is 5.82 Å². The van der Waals surface area contributed by atoms with Gasteiger partial charge in [0.1, 0.15) is 5.82 Å². The minimum atomic E-state index is -0.211. The van der Waals surface area contributed by atoms with E-state index in [1.165, 1.54) is 17.7 Å². The molecule has 0 aliphatic heterocycles. The molecule has 4 heteroatoms. The van der Waals surface area contributed by atoms with Crippen LogP contribution < -0.4 is 5.32 Å². The second-order valence-electron chi connectivity index (χ2n) is 3.97. The quantitative estimate of drug-likeness (QED) is 0.824. The van der Waals surface area contributed by atoms with Gasteiger partial charge in [0.2, 0.25) is 0 Å². The first-order valence-electron chi connectivity index (χ1n) is 5.54. The maximum atomic E-state index is 13.1. The van der Waals surface area contributed by atoms with Crippen molar-refractivity contribution >= 4 is 31.9 Å². The van der Waals surface area contributed by atoms with E-state index in [1.54, 1.807) is 6.07 Å².